The fraction of sp³-hybridized carbons (Fsp3) is 0.903. The van der Waals surface area contributed by atoms with Crippen LogP contribution in [0.2, 0.25) is 0 Å². The first kappa shape index (κ1) is 26.7. The van der Waals surface area contributed by atoms with Crippen LogP contribution in [0.3, 0.4) is 0 Å². The molecule has 0 heterocycles. The van der Waals surface area contributed by atoms with Crippen LogP contribution in [-0.2, 0) is 9.53 Å². The molecule has 0 aliphatic heterocycles. The highest BCUT2D eigenvalue weighted by atomic mass is 16.5. The van der Waals surface area contributed by atoms with E-state index in [0.29, 0.717) is 24.7 Å². The lowest BCUT2D eigenvalue weighted by molar-refractivity contribution is -0.230. The third kappa shape index (κ3) is 3.09. The summed E-state index contributed by atoms with van der Waals surface area (Å²) in [5, 5.41) is 31.8. The molecule has 0 aromatic rings. The average Bonchev–Trinajstić information content (AvgIpc) is 2.82. The van der Waals surface area contributed by atoms with Gasteiger partial charge in [0.2, 0.25) is 0 Å². The van der Waals surface area contributed by atoms with Gasteiger partial charge < -0.3 is 20.1 Å². The number of aliphatic hydroxyl groups is 2. The summed E-state index contributed by atoms with van der Waals surface area (Å²) in [5.41, 5.74) is 0.373. The Morgan fingerprint density at radius 2 is 1.72 bits per heavy atom. The number of carboxylic acid groups (broad SMARTS) is 1. The lowest BCUT2D eigenvalue weighted by Gasteiger charge is -2.72. The topological polar surface area (TPSA) is 87.0 Å². The van der Waals surface area contributed by atoms with E-state index in [9.17, 15) is 20.1 Å². The van der Waals surface area contributed by atoms with Gasteiger partial charge in [0, 0.05) is 19.6 Å². The molecule has 0 saturated heterocycles. The first-order chi connectivity index (χ1) is 16.7. The zero-order chi connectivity index (χ0) is 26.5. The monoisotopic (exact) mass is 502 g/mol. The maximum Gasteiger partial charge on any atom is 0.310 e. The molecule has 4 fully saturated rings. The molecule has 4 saturated carbocycles. The highest BCUT2D eigenvalue weighted by Crippen LogP contribution is 2.76. The van der Waals surface area contributed by atoms with Gasteiger partial charge in [0.25, 0.3) is 0 Å². The number of carbonyl (C=O) groups is 1. The number of aliphatic hydroxyl groups excluding tert-OH is 2. The van der Waals surface area contributed by atoms with E-state index in [-0.39, 0.29) is 58.2 Å². The first-order valence-corrected chi connectivity index (χ1v) is 14.5. The fourth-order valence-corrected chi connectivity index (χ4v) is 11.3. The lowest BCUT2D eigenvalue weighted by Crippen LogP contribution is -2.68. The van der Waals surface area contributed by atoms with E-state index in [0.717, 1.165) is 38.5 Å². The van der Waals surface area contributed by atoms with E-state index in [2.05, 4.69) is 47.6 Å². The molecule has 0 bridgehead atoms. The third-order valence-electron chi connectivity index (χ3n) is 13.6. The second-order valence-electron chi connectivity index (χ2n) is 14.8. The number of rotatable bonds is 3. The van der Waals surface area contributed by atoms with Crippen LogP contribution in [0.1, 0.15) is 92.9 Å². The van der Waals surface area contributed by atoms with E-state index in [1.807, 2.05) is 7.11 Å². The molecule has 0 unspecified atom stereocenters. The van der Waals surface area contributed by atoms with Crippen molar-refractivity contribution >= 4 is 5.97 Å². The molecule has 0 aromatic heterocycles. The summed E-state index contributed by atoms with van der Waals surface area (Å²) in [5.74, 6) is 0.297. The number of aliphatic carboxylic acids is 1. The predicted octanol–water partition coefficient (Wildman–Crippen LogP) is 5.69. The van der Waals surface area contributed by atoms with Crippen molar-refractivity contribution in [3.8, 4) is 0 Å². The molecular weight excluding hydrogens is 452 g/mol. The van der Waals surface area contributed by atoms with Crippen LogP contribution in [0.4, 0.5) is 0 Å². The molecular formula is C31H50O5. The number of fused-ring (bicyclic) bond motifs is 7. The van der Waals surface area contributed by atoms with Crippen molar-refractivity contribution in [3.05, 3.63) is 11.6 Å². The van der Waals surface area contributed by atoms with E-state index in [1.165, 1.54) is 5.57 Å². The molecule has 5 rings (SSSR count). The van der Waals surface area contributed by atoms with Crippen LogP contribution < -0.4 is 0 Å². The summed E-state index contributed by atoms with van der Waals surface area (Å²) in [7, 11) is 1.83. The van der Waals surface area contributed by atoms with Crippen LogP contribution in [0.15, 0.2) is 11.6 Å². The standard InChI is InChI=1S/C31H50O5/c1-18-19(17-32)8-13-31(26(34)35)15-14-29(5)20(24(18)31)16-21(36-7)25-28(4)11-10-23(33)27(2,3)22(28)9-12-30(25,29)6/h16,18-19,21-25,32-33H,8-15,17H2,1-7H3,(H,34,35)/t18-,19-,21+,22-,23-,24-,25+,28-,29+,30+,31-/m0/s1. The Kier molecular flexibility index (Phi) is 6.15. The van der Waals surface area contributed by atoms with E-state index < -0.39 is 11.4 Å². The summed E-state index contributed by atoms with van der Waals surface area (Å²) >= 11 is 0. The summed E-state index contributed by atoms with van der Waals surface area (Å²) in [6, 6.07) is 0. The van der Waals surface area contributed by atoms with Crippen molar-refractivity contribution in [3.63, 3.8) is 0 Å². The summed E-state index contributed by atoms with van der Waals surface area (Å²) < 4.78 is 6.35. The molecule has 5 heteroatoms. The van der Waals surface area contributed by atoms with Gasteiger partial charge in [0.15, 0.2) is 0 Å². The summed E-state index contributed by atoms with van der Waals surface area (Å²) in [6.07, 6.45) is 9.09. The first-order valence-electron chi connectivity index (χ1n) is 14.5. The van der Waals surface area contributed by atoms with Gasteiger partial charge >= 0.3 is 5.97 Å². The quantitative estimate of drug-likeness (QED) is 0.432. The Balaban J connectivity index is 1.68. The van der Waals surface area contributed by atoms with Crippen LogP contribution in [0.25, 0.3) is 0 Å². The van der Waals surface area contributed by atoms with Gasteiger partial charge in [0.1, 0.15) is 0 Å². The Morgan fingerprint density at radius 3 is 2.33 bits per heavy atom. The summed E-state index contributed by atoms with van der Waals surface area (Å²) in [4.78, 5) is 12.9. The largest absolute Gasteiger partial charge is 0.481 e. The Labute approximate surface area is 218 Å². The average molecular weight is 503 g/mol. The molecule has 5 nitrogen and oxygen atoms in total. The van der Waals surface area contributed by atoms with E-state index in [1.54, 1.807) is 0 Å². The molecule has 5 aliphatic carbocycles. The second-order valence-corrected chi connectivity index (χ2v) is 14.8. The van der Waals surface area contributed by atoms with Crippen molar-refractivity contribution in [1.29, 1.82) is 0 Å². The predicted molar refractivity (Wildman–Crippen MR) is 140 cm³/mol. The number of ether oxygens (including phenoxy) is 1. The van der Waals surface area contributed by atoms with Crippen molar-refractivity contribution in [2.24, 2.45) is 56.7 Å². The molecule has 36 heavy (non-hydrogen) atoms. The van der Waals surface area contributed by atoms with Crippen LogP contribution in [0.5, 0.6) is 0 Å². The lowest BCUT2D eigenvalue weighted by atomic mass is 9.33. The zero-order valence-corrected chi connectivity index (χ0v) is 23.6. The fourth-order valence-electron chi connectivity index (χ4n) is 11.3. The maximum atomic E-state index is 12.9. The number of hydrogen-bond donors (Lipinski definition) is 3. The Morgan fingerprint density at radius 1 is 1.03 bits per heavy atom. The Bertz CT molecular complexity index is 941. The number of hydrogen-bond acceptors (Lipinski definition) is 4. The molecule has 11 atom stereocenters. The minimum absolute atomic E-state index is 0.0159. The van der Waals surface area contributed by atoms with Crippen LogP contribution in [-0.4, -0.2) is 47.2 Å². The van der Waals surface area contributed by atoms with Gasteiger partial charge in [-0.2, -0.15) is 0 Å². The van der Waals surface area contributed by atoms with Crippen molar-refractivity contribution in [1.82, 2.24) is 0 Å². The smallest absolute Gasteiger partial charge is 0.310 e. The van der Waals surface area contributed by atoms with Gasteiger partial charge in [-0.15, -0.1) is 0 Å². The Hall–Kier alpha value is -0.910. The van der Waals surface area contributed by atoms with Gasteiger partial charge in [-0.25, -0.2) is 0 Å². The molecule has 0 aromatic carbocycles. The normalized spacial score (nSPS) is 53.8. The minimum Gasteiger partial charge on any atom is -0.481 e. The maximum absolute atomic E-state index is 12.9. The van der Waals surface area contributed by atoms with Crippen LogP contribution >= 0.6 is 0 Å². The van der Waals surface area contributed by atoms with Gasteiger partial charge in [-0.05, 0) is 96.7 Å². The third-order valence-corrected chi connectivity index (χ3v) is 13.6. The highest BCUT2D eigenvalue weighted by Gasteiger charge is 2.71. The number of methoxy groups -OCH3 is 1. The highest BCUT2D eigenvalue weighted by molar-refractivity contribution is 5.76. The van der Waals surface area contributed by atoms with Gasteiger partial charge in [-0.3, -0.25) is 4.79 Å². The van der Waals surface area contributed by atoms with Crippen molar-refractivity contribution < 1.29 is 24.9 Å². The molecule has 0 amide bonds. The molecule has 0 spiro atoms. The molecule has 0 radical (unpaired) electrons. The molecule has 5 aliphatic rings. The number of carboxylic acids is 1. The molecule has 204 valence electrons. The number of allylic oxidation sites excluding steroid dienone is 1. The second kappa shape index (κ2) is 8.29. The van der Waals surface area contributed by atoms with Crippen LogP contribution in [0, 0.1) is 56.7 Å². The summed E-state index contributed by atoms with van der Waals surface area (Å²) in [6.45, 7) is 14.2. The molecule has 3 N–H and O–H groups in total. The van der Waals surface area contributed by atoms with E-state index >= 15 is 0 Å². The van der Waals surface area contributed by atoms with Crippen molar-refractivity contribution in [2.45, 2.75) is 105 Å². The minimum atomic E-state index is -0.740. The van der Waals surface area contributed by atoms with Gasteiger partial charge in [0.05, 0.1) is 17.6 Å². The van der Waals surface area contributed by atoms with E-state index in [4.69, 9.17) is 4.74 Å². The SMILES string of the molecule is CO[C@@H]1C=C2[C@@H]3[C@@H](C)[C@H](CO)CC[C@]3(C(=O)O)CC[C@@]2(C)[C@]2(C)CC[C@H]3C(C)(C)[C@@H](O)CC[C@]3(C)[C@@H]12. The zero-order valence-electron chi connectivity index (χ0n) is 23.6. The van der Waals surface area contributed by atoms with Crippen molar-refractivity contribution in [2.75, 3.05) is 13.7 Å². The van der Waals surface area contributed by atoms with Gasteiger partial charge in [-0.1, -0.05) is 53.2 Å².